The minimum absolute atomic E-state index is 0.192. The predicted octanol–water partition coefficient (Wildman–Crippen LogP) is 4.38. The zero-order chi connectivity index (χ0) is 17.8. The van der Waals surface area contributed by atoms with Crippen LogP contribution in [0.1, 0.15) is 21.6 Å². The zero-order valence-electron chi connectivity index (χ0n) is 13.1. The molecule has 0 aliphatic carbocycles. The van der Waals surface area contributed by atoms with Gasteiger partial charge in [0, 0.05) is 23.1 Å². The van der Waals surface area contributed by atoms with Gasteiger partial charge in [-0.25, -0.2) is 9.18 Å². The van der Waals surface area contributed by atoms with Crippen molar-refractivity contribution in [1.29, 1.82) is 5.26 Å². The molecule has 1 heterocycles. The summed E-state index contributed by atoms with van der Waals surface area (Å²) in [5.74, 6) is -1.45. The molecule has 0 aliphatic heterocycles. The number of hydrogen-bond acceptors (Lipinski definition) is 2. The number of nitriles is 1. The molecule has 1 aromatic heterocycles. The van der Waals surface area contributed by atoms with E-state index in [9.17, 15) is 14.4 Å². The lowest BCUT2D eigenvalue weighted by Gasteiger charge is -2.08. The molecule has 0 saturated heterocycles. The van der Waals surface area contributed by atoms with Crippen molar-refractivity contribution < 1.29 is 14.3 Å². The van der Waals surface area contributed by atoms with Crippen LogP contribution in [-0.4, -0.2) is 15.6 Å². The summed E-state index contributed by atoms with van der Waals surface area (Å²) in [6, 6.07) is 18.1. The summed E-state index contributed by atoms with van der Waals surface area (Å²) < 4.78 is 15.7. The number of halogens is 1. The second-order valence-electron chi connectivity index (χ2n) is 5.30. The second-order valence-corrected chi connectivity index (χ2v) is 5.30. The van der Waals surface area contributed by atoms with Crippen molar-refractivity contribution >= 4 is 17.6 Å². The quantitative estimate of drug-likeness (QED) is 0.721. The molecular weight excluding hydrogens is 319 g/mol. The number of nitrogens with zero attached hydrogens (tertiary/aromatic N) is 2. The summed E-state index contributed by atoms with van der Waals surface area (Å²) in [4.78, 5) is 11.0. The minimum Gasteiger partial charge on any atom is -0.478 e. The van der Waals surface area contributed by atoms with Crippen molar-refractivity contribution in [2.24, 2.45) is 0 Å². The molecule has 3 aromatic rings. The van der Waals surface area contributed by atoms with Crippen molar-refractivity contribution in [3.8, 4) is 11.8 Å². The van der Waals surface area contributed by atoms with Gasteiger partial charge in [0.15, 0.2) is 0 Å². The Morgan fingerprint density at radius 1 is 1.08 bits per heavy atom. The van der Waals surface area contributed by atoms with Gasteiger partial charge in [-0.1, -0.05) is 18.2 Å². The van der Waals surface area contributed by atoms with Gasteiger partial charge in [0.1, 0.15) is 5.82 Å². The van der Waals surface area contributed by atoms with E-state index in [4.69, 9.17) is 5.11 Å². The van der Waals surface area contributed by atoms with Crippen molar-refractivity contribution in [2.75, 3.05) is 0 Å². The van der Waals surface area contributed by atoms with E-state index in [1.807, 2.05) is 6.07 Å². The van der Waals surface area contributed by atoms with Crippen molar-refractivity contribution in [1.82, 2.24) is 4.57 Å². The fourth-order valence-corrected chi connectivity index (χ4v) is 2.51. The Bertz CT molecular complexity index is 995. The number of carboxylic acid groups (broad SMARTS) is 1. The Morgan fingerprint density at radius 2 is 1.80 bits per heavy atom. The third-order valence-corrected chi connectivity index (χ3v) is 3.75. The van der Waals surface area contributed by atoms with Gasteiger partial charge in [0.25, 0.3) is 0 Å². The molecule has 3 rings (SSSR count). The summed E-state index contributed by atoms with van der Waals surface area (Å²) in [6.07, 6.45) is 3.39. The Kier molecular flexibility index (Phi) is 4.44. The topological polar surface area (TPSA) is 66.0 Å². The maximum atomic E-state index is 13.9. The summed E-state index contributed by atoms with van der Waals surface area (Å²) in [5.41, 5.74) is 2.06. The van der Waals surface area contributed by atoms with Crippen LogP contribution in [-0.2, 0) is 0 Å². The molecule has 1 N–H and O–H groups in total. The Morgan fingerprint density at radius 3 is 2.44 bits per heavy atom. The van der Waals surface area contributed by atoms with Gasteiger partial charge in [0.05, 0.1) is 17.2 Å². The number of carboxylic acids is 1. The Hall–Kier alpha value is -3.65. The average Bonchev–Trinajstić information content (AvgIpc) is 3.08. The first-order valence-corrected chi connectivity index (χ1v) is 7.48. The van der Waals surface area contributed by atoms with Crippen LogP contribution in [0.4, 0.5) is 4.39 Å². The summed E-state index contributed by atoms with van der Waals surface area (Å²) >= 11 is 0. The van der Waals surface area contributed by atoms with Gasteiger partial charge in [0.2, 0.25) is 0 Å². The van der Waals surface area contributed by atoms with Crippen LogP contribution in [0.5, 0.6) is 0 Å². The molecule has 122 valence electrons. The van der Waals surface area contributed by atoms with E-state index in [1.165, 1.54) is 18.2 Å². The lowest BCUT2D eigenvalue weighted by atomic mass is 10.1. The Balaban J connectivity index is 2.03. The molecule has 5 heteroatoms. The molecule has 0 radical (unpaired) electrons. The maximum absolute atomic E-state index is 13.9. The molecule has 0 unspecified atom stereocenters. The van der Waals surface area contributed by atoms with E-state index >= 15 is 0 Å². The van der Waals surface area contributed by atoms with Gasteiger partial charge in [-0.05, 0) is 48.5 Å². The number of carbonyl (C=O) groups is 1. The summed E-state index contributed by atoms with van der Waals surface area (Å²) in [5, 5.41) is 18.4. The summed E-state index contributed by atoms with van der Waals surface area (Å²) in [7, 11) is 0. The molecule has 0 fully saturated rings. The summed E-state index contributed by atoms with van der Waals surface area (Å²) in [6.45, 7) is 0. The molecule has 0 saturated carbocycles. The van der Waals surface area contributed by atoms with Crippen molar-refractivity contribution in [3.05, 3.63) is 89.5 Å². The molecule has 2 aromatic carbocycles. The standard InChI is InChI=1S/C20H13FN2O2/c21-19-6-2-1-5-18(19)15(13-22)12-17-4-3-11-23(17)16-9-7-14(8-10-16)20(24)25/h1-12H,(H,24,25). The van der Waals surface area contributed by atoms with E-state index < -0.39 is 11.8 Å². The first-order valence-electron chi connectivity index (χ1n) is 7.48. The minimum atomic E-state index is -0.995. The van der Waals surface area contributed by atoms with Gasteiger partial charge in [-0.3, -0.25) is 0 Å². The van der Waals surface area contributed by atoms with E-state index in [1.54, 1.807) is 59.3 Å². The fraction of sp³-hybridized carbons (Fsp3) is 0. The van der Waals surface area contributed by atoms with Crippen molar-refractivity contribution in [3.63, 3.8) is 0 Å². The molecule has 0 bridgehead atoms. The van der Waals surface area contributed by atoms with E-state index in [0.29, 0.717) is 5.69 Å². The molecule has 0 aliphatic rings. The molecular formula is C20H13FN2O2. The number of hydrogen-bond donors (Lipinski definition) is 1. The predicted molar refractivity (Wildman–Crippen MR) is 92.6 cm³/mol. The monoisotopic (exact) mass is 332 g/mol. The third kappa shape index (κ3) is 3.33. The van der Waals surface area contributed by atoms with Gasteiger partial charge in [-0.2, -0.15) is 5.26 Å². The average molecular weight is 332 g/mol. The normalized spacial score (nSPS) is 11.1. The van der Waals surface area contributed by atoms with Gasteiger partial charge in [-0.15, -0.1) is 0 Å². The van der Waals surface area contributed by atoms with Crippen LogP contribution >= 0.6 is 0 Å². The first kappa shape index (κ1) is 16.2. The highest BCUT2D eigenvalue weighted by atomic mass is 19.1. The van der Waals surface area contributed by atoms with E-state index in [-0.39, 0.29) is 16.7 Å². The maximum Gasteiger partial charge on any atom is 0.335 e. The largest absolute Gasteiger partial charge is 0.478 e. The van der Waals surface area contributed by atoms with Crippen molar-refractivity contribution in [2.45, 2.75) is 0 Å². The third-order valence-electron chi connectivity index (χ3n) is 3.75. The molecule has 25 heavy (non-hydrogen) atoms. The number of benzene rings is 2. The van der Waals surface area contributed by atoms with Gasteiger partial charge < -0.3 is 9.67 Å². The van der Waals surface area contributed by atoms with Crippen LogP contribution in [0.3, 0.4) is 0 Å². The van der Waals surface area contributed by atoms with Crippen LogP contribution in [0.15, 0.2) is 66.9 Å². The smallest absolute Gasteiger partial charge is 0.335 e. The lowest BCUT2D eigenvalue weighted by Crippen LogP contribution is -1.99. The Labute approximate surface area is 143 Å². The lowest BCUT2D eigenvalue weighted by molar-refractivity contribution is 0.0697. The highest BCUT2D eigenvalue weighted by Gasteiger charge is 2.09. The molecule has 0 amide bonds. The molecule has 0 spiro atoms. The number of allylic oxidation sites excluding steroid dienone is 1. The first-order chi connectivity index (χ1) is 12.1. The molecule has 4 nitrogen and oxygen atoms in total. The van der Waals surface area contributed by atoms with Crippen LogP contribution in [0.25, 0.3) is 17.3 Å². The highest BCUT2D eigenvalue weighted by Crippen LogP contribution is 2.22. The van der Waals surface area contributed by atoms with Gasteiger partial charge >= 0.3 is 5.97 Å². The number of rotatable bonds is 4. The van der Waals surface area contributed by atoms with Crippen LogP contribution in [0, 0.1) is 17.1 Å². The second kappa shape index (κ2) is 6.85. The SMILES string of the molecule is N#CC(=Cc1cccn1-c1ccc(C(=O)O)cc1)c1ccccc1F. The number of aromatic nitrogens is 1. The fourth-order valence-electron chi connectivity index (χ4n) is 2.51. The number of aromatic carboxylic acids is 1. The highest BCUT2D eigenvalue weighted by molar-refractivity contribution is 5.90. The van der Waals surface area contributed by atoms with E-state index in [0.717, 1.165) is 5.69 Å². The molecule has 0 atom stereocenters. The van der Waals surface area contributed by atoms with Crippen LogP contribution < -0.4 is 0 Å². The van der Waals surface area contributed by atoms with E-state index in [2.05, 4.69) is 0 Å². The zero-order valence-corrected chi connectivity index (χ0v) is 13.1. The van der Waals surface area contributed by atoms with Crippen LogP contribution in [0.2, 0.25) is 0 Å².